The van der Waals surface area contributed by atoms with E-state index in [0.29, 0.717) is 18.6 Å². The molecule has 0 aliphatic carbocycles. The summed E-state index contributed by atoms with van der Waals surface area (Å²) >= 11 is 0. The first-order valence-corrected chi connectivity index (χ1v) is 9.22. The molecule has 150 valence electrons. The van der Waals surface area contributed by atoms with E-state index in [9.17, 15) is 0 Å². The zero-order valence-corrected chi connectivity index (χ0v) is 19.8. The van der Waals surface area contributed by atoms with Crippen LogP contribution in [0.5, 0.6) is 5.75 Å². The van der Waals surface area contributed by atoms with Crippen molar-refractivity contribution in [3.63, 3.8) is 0 Å². The third-order valence-electron chi connectivity index (χ3n) is 4.32. The topological polar surface area (TPSA) is 48.9 Å². The summed E-state index contributed by atoms with van der Waals surface area (Å²) < 4.78 is 5.46. The van der Waals surface area contributed by atoms with Crippen molar-refractivity contribution in [3.05, 3.63) is 29.3 Å². The van der Waals surface area contributed by atoms with Gasteiger partial charge in [0.15, 0.2) is 5.96 Å². The maximum Gasteiger partial charge on any atom is 0.191 e. The number of nitrogens with one attached hydrogen (secondary N) is 2. The number of aliphatic imine (C=N–C) groups is 1. The number of halogens is 1. The maximum absolute atomic E-state index is 5.46. The van der Waals surface area contributed by atoms with E-state index in [-0.39, 0.29) is 24.0 Å². The molecule has 2 N–H and O–H groups in total. The van der Waals surface area contributed by atoms with Gasteiger partial charge in [-0.2, -0.15) is 0 Å². The summed E-state index contributed by atoms with van der Waals surface area (Å²) in [5, 5.41) is 6.75. The molecular formula is C20H37IN4O. The molecule has 0 atom stereocenters. The van der Waals surface area contributed by atoms with Gasteiger partial charge in [0, 0.05) is 44.3 Å². The van der Waals surface area contributed by atoms with Crippen molar-refractivity contribution >= 4 is 29.9 Å². The Kier molecular flexibility index (Phi) is 12.7. The molecule has 0 saturated carbocycles. The fourth-order valence-electron chi connectivity index (χ4n) is 2.98. The molecule has 0 fully saturated rings. The number of benzene rings is 1. The van der Waals surface area contributed by atoms with Gasteiger partial charge in [0.1, 0.15) is 5.75 Å². The SMILES string of the molecule is CN=C(NCCCN(C(C)C)C(C)C)NCc1ccc(C)cc1OC.I. The number of guanidine groups is 1. The number of aryl methyl sites for hydroxylation is 1. The van der Waals surface area contributed by atoms with Crippen molar-refractivity contribution in [2.24, 2.45) is 4.99 Å². The standard InChI is InChI=1S/C20H36N4O.HI/c1-15(2)24(16(3)4)12-8-11-22-20(21-6)23-14-18-10-9-17(5)13-19(18)25-7;/h9-10,13,15-16H,8,11-12,14H2,1-7H3,(H2,21,22,23);1H. The number of hydrogen-bond acceptors (Lipinski definition) is 3. The molecule has 0 aliphatic heterocycles. The van der Waals surface area contributed by atoms with Gasteiger partial charge in [-0.25, -0.2) is 0 Å². The highest BCUT2D eigenvalue weighted by molar-refractivity contribution is 14.0. The molecule has 0 unspecified atom stereocenters. The van der Waals surface area contributed by atoms with Gasteiger partial charge in [-0.15, -0.1) is 24.0 Å². The Labute approximate surface area is 177 Å². The van der Waals surface area contributed by atoms with E-state index >= 15 is 0 Å². The summed E-state index contributed by atoms with van der Waals surface area (Å²) in [5.41, 5.74) is 2.32. The van der Waals surface area contributed by atoms with Crippen LogP contribution in [0.15, 0.2) is 23.2 Å². The van der Waals surface area contributed by atoms with Crippen LogP contribution in [0.3, 0.4) is 0 Å². The number of nitrogens with zero attached hydrogens (tertiary/aromatic N) is 2. The van der Waals surface area contributed by atoms with Crippen molar-refractivity contribution in [3.8, 4) is 5.75 Å². The van der Waals surface area contributed by atoms with Gasteiger partial charge < -0.3 is 15.4 Å². The summed E-state index contributed by atoms with van der Waals surface area (Å²) in [6.07, 6.45) is 1.09. The minimum atomic E-state index is 0. The minimum absolute atomic E-state index is 0. The summed E-state index contributed by atoms with van der Waals surface area (Å²) in [4.78, 5) is 6.81. The zero-order chi connectivity index (χ0) is 18.8. The Balaban J connectivity index is 0.00000625. The first-order valence-electron chi connectivity index (χ1n) is 9.22. The molecule has 1 rings (SSSR count). The molecule has 5 nitrogen and oxygen atoms in total. The van der Waals surface area contributed by atoms with Gasteiger partial charge in [-0.05, 0) is 52.7 Å². The quantitative estimate of drug-likeness (QED) is 0.247. The first-order chi connectivity index (χ1) is 11.9. The monoisotopic (exact) mass is 476 g/mol. The van der Waals surface area contributed by atoms with E-state index in [1.165, 1.54) is 5.56 Å². The largest absolute Gasteiger partial charge is 0.496 e. The van der Waals surface area contributed by atoms with E-state index < -0.39 is 0 Å². The second-order valence-corrected chi connectivity index (χ2v) is 6.95. The normalized spacial score (nSPS) is 11.7. The summed E-state index contributed by atoms with van der Waals surface area (Å²) in [7, 11) is 3.51. The average molecular weight is 476 g/mol. The molecular weight excluding hydrogens is 439 g/mol. The number of rotatable bonds is 9. The Bertz CT molecular complexity index is 539. The van der Waals surface area contributed by atoms with Crippen LogP contribution >= 0.6 is 24.0 Å². The average Bonchev–Trinajstić information content (AvgIpc) is 2.57. The van der Waals surface area contributed by atoms with Crippen molar-refractivity contribution in [1.82, 2.24) is 15.5 Å². The second-order valence-electron chi connectivity index (χ2n) is 6.95. The summed E-state index contributed by atoms with van der Waals surface area (Å²) in [5.74, 6) is 1.73. The van der Waals surface area contributed by atoms with Crippen molar-refractivity contribution in [1.29, 1.82) is 0 Å². The van der Waals surface area contributed by atoms with Gasteiger partial charge in [-0.3, -0.25) is 9.89 Å². The van der Waals surface area contributed by atoms with E-state index in [1.54, 1.807) is 14.2 Å². The Hall–Kier alpha value is -1.02. The number of methoxy groups -OCH3 is 1. The number of ether oxygens (including phenoxy) is 1. The van der Waals surface area contributed by atoms with Crippen molar-refractivity contribution in [2.45, 2.75) is 59.7 Å². The lowest BCUT2D eigenvalue weighted by molar-refractivity contribution is 0.173. The lowest BCUT2D eigenvalue weighted by atomic mass is 10.1. The third-order valence-corrected chi connectivity index (χ3v) is 4.32. The lowest BCUT2D eigenvalue weighted by Gasteiger charge is -2.30. The molecule has 0 aliphatic rings. The second kappa shape index (κ2) is 13.2. The minimum Gasteiger partial charge on any atom is -0.496 e. The van der Waals surface area contributed by atoms with Crippen LogP contribution in [-0.2, 0) is 6.54 Å². The van der Waals surface area contributed by atoms with Crippen molar-refractivity contribution < 1.29 is 4.74 Å². The van der Waals surface area contributed by atoms with Crippen LogP contribution in [0, 0.1) is 6.92 Å². The molecule has 0 amide bonds. The highest BCUT2D eigenvalue weighted by Crippen LogP contribution is 2.19. The number of hydrogen-bond donors (Lipinski definition) is 2. The highest BCUT2D eigenvalue weighted by atomic mass is 127. The van der Waals surface area contributed by atoms with Gasteiger partial charge in [0.05, 0.1) is 7.11 Å². The van der Waals surface area contributed by atoms with Crippen LogP contribution in [0.1, 0.15) is 45.2 Å². The third kappa shape index (κ3) is 8.58. The molecule has 0 saturated heterocycles. The Morgan fingerprint density at radius 2 is 1.81 bits per heavy atom. The van der Waals surface area contributed by atoms with E-state index in [0.717, 1.165) is 36.8 Å². The molecule has 1 aromatic rings. The summed E-state index contributed by atoms with van der Waals surface area (Å²) in [6.45, 7) is 13.8. The maximum atomic E-state index is 5.46. The molecule has 6 heteroatoms. The fourth-order valence-corrected chi connectivity index (χ4v) is 2.98. The molecule has 0 heterocycles. The van der Waals surface area contributed by atoms with E-state index in [4.69, 9.17) is 4.74 Å². The molecule has 26 heavy (non-hydrogen) atoms. The van der Waals surface area contributed by atoms with Gasteiger partial charge in [-0.1, -0.05) is 12.1 Å². The molecule has 0 bridgehead atoms. The van der Waals surface area contributed by atoms with Gasteiger partial charge >= 0.3 is 0 Å². The van der Waals surface area contributed by atoms with Crippen LogP contribution in [0.2, 0.25) is 0 Å². The predicted molar refractivity (Wildman–Crippen MR) is 123 cm³/mol. The zero-order valence-electron chi connectivity index (χ0n) is 17.4. The van der Waals surface area contributed by atoms with Gasteiger partial charge in [0.2, 0.25) is 0 Å². The van der Waals surface area contributed by atoms with Crippen LogP contribution in [-0.4, -0.2) is 50.2 Å². The molecule has 0 spiro atoms. The fraction of sp³-hybridized carbons (Fsp3) is 0.650. The predicted octanol–water partition coefficient (Wildman–Crippen LogP) is 3.80. The van der Waals surface area contributed by atoms with Crippen LogP contribution in [0.25, 0.3) is 0 Å². The van der Waals surface area contributed by atoms with Crippen LogP contribution in [0.4, 0.5) is 0 Å². The molecule has 0 radical (unpaired) electrons. The Morgan fingerprint density at radius 3 is 2.35 bits per heavy atom. The van der Waals surface area contributed by atoms with Crippen LogP contribution < -0.4 is 15.4 Å². The highest BCUT2D eigenvalue weighted by Gasteiger charge is 2.12. The summed E-state index contributed by atoms with van der Waals surface area (Å²) in [6, 6.07) is 7.40. The van der Waals surface area contributed by atoms with Crippen molar-refractivity contribution in [2.75, 3.05) is 27.2 Å². The first kappa shape index (κ1) is 25.0. The lowest BCUT2D eigenvalue weighted by Crippen LogP contribution is -2.41. The van der Waals surface area contributed by atoms with E-state index in [1.807, 2.05) is 0 Å². The smallest absolute Gasteiger partial charge is 0.191 e. The molecule has 1 aromatic carbocycles. The van der Waals surface area contributed by atoms with E-state index in [2.05, 4.69) is 73.3 Å². The molecule has 0 aromatic heterocycles. The Morgan fingerprint density at radius 1 is 1.15 bits per heavy atom. The van der Waals surface area contributed by atoms with Gasteiger partial charge in [0.25, 0.3) is 0 Å².